The second-order valence-corrected chi connectivity index (χ2v) is 12.0. The molecule has 4 aromatic rings. The van der Waals surface area contributed by atoms with Crippen molar-refractivity contribution in [3.05, 3.63) is 105 Å². The molecule has 0 saturated heterocycles. The van der Waals surface area contributed by atoms with Gasteiger partial charge in [-0.1, -0.05) is 67.0 Å². The molecule has 0 radical (unpaired) electrons. The van der Waals surface area contributed by atoms with Gasteiger partial charge in [-0.2, -0.15) is 0 Å². The molecule has 3 aromatic carbocycles. The number of aromatic nitrogens is 2. The number of carboxylic acid groups (broad SMARTS) is 1. The molecule has 1 aromatic heterocycles. The first kappa shape index (κ1) is 31.8. The average Bonchev–Trinajstić information content (AvgIpc) is 3.41. The number of benzene rings is 3. The zero-order chi connectivity index (χ0) is 30.4. The Kier molecular flexibility index (Phi) is 10.6. The normalized spacial score (nSPS) is 11.6. The highest BCUT2D eigenvalue weighted by Crippen LogP contribution is 2.39. The maximum Gasteiger partial charge on any atom is 0.335 e. The van der Waals surface area contributed by atoms with Crippen molar-refractivity contribution in [2.24, 2.45) is 5.73 Å². The van der Waals surface area contributed by atoms with Crippen LogP contribution in [0.5, 0.6) is 5.75 Å². The number of imidazole rings is 1. The van der Waals surface area contributed by atoms with Gasteiger partial charge in [0, 0.05) is 23.9 Å². The number of nitrogens with two attached hydrogens (primary N) is 1. The van der Waals surface area contributed by atoms with Crippen molar-refractivity contribution in [3.8, 4) is 11.4 Å². The van der Waals surface area contributed by atoms with Gasteiger partial charge in [-0.05, 0) is 66.4 Å². The van der Waals surface area contributed by atoms with Gasteiger partial charge in [0.2, 0.25) is 0 Å². The van der Waals surface area contributed by atoms with E-state index in [0.29, 0.717) is 46.3 Å². The highest BCUT2D eigenvalue weighted by atomic mass is 35.5. The van der Waals surface area contributed by atoms with Crippen LogP contribution in [0.3, 0.4) is 0 Å². The Morgan fingerprint density at radius 3 is 2.62 bits per heavy atom. The van der Waals surface area contributed by atoms with Crippen molar-refractivity contribution >= 4 is 40.9 Å². The highest BCUT2D eigenvalue weighted by Gasteiger charge is 2.30. The number of hydrogen-bond acceptors (Lipinski definition) is 6. The fraction of sp³-hybridized carbons (Fsp3) is 0.290. The van der Waals surface area contributed by atoms with Crippen molar-refractivity contribution in [1.82, 2.24) is 14.9 Å². The second kappa shape index (κ2) is 13.9. The molecule has 11 heteroatoms. The number of carbonyl (C=O) groups is 1. The summed E-state index contributed by atoms with van der Waals surface area (Å²) in [6, 6.07) is 15.7. The average molecular weight is 632 g/mol. The Morgan fingerprint density at radius 1 is 1.14 bits per heavy atom. The van der Waals surface area contributed by atoms with Crippen molar-refractivity contribution < 1.29 is 19.0 Å². The molecule has 0 saturated carbocycles. The largest absolute Gasteiger partial charge is 0.494 e. The SMILES string of the molecule is COc1cc(-n2c(C(C)(C)c3ccc(Cl)c(Cl)c3)cnc2SCc2ccc(CCCNCN)c(C(=O)O)c2)ccc1F. The van der Waals surface area contributed by atoms with Gasteiger partial charge in [-0.15, -0.1) is 0 Å². The number of rotatable bonds is 13. The molecule has 42 heavy (non-hydrogen) atoms. The molecular weight excluding hydrogens is 598 g/mol. The van der Waals surface area contributed by atoms with Crippen LogP contribution in [-0.4, -0.2) is 41.0 Å². The number of thioether (sulfide) groups is 1. The number of aryl methyl sites for hydroxylation is 1. The smallest absolute Gasteiger partial charge is 0.335 e. The third kappa shape index (κ3) is 7.10. The first-order valence-corrected chi connectivity index (χ1v) is 15.1. The summed E-state index contributed by atoms with van der Waals surface area (Å²) in [5.74, 6) is -0.856. The molecule has 1 heterocycles. The lowest BCUT2D eigenvalue weighted by molar-refractivity contribution is 0.0695. The highest BCUT2D eigenvalue weighted by molar-refractivity contribution is 7.98. The molecule has 0 aliphatic rings. The van der Waals surface area contributed by atoms with Gasteiger partial charge in [0.05, 0.1) is 40.3 Å². The van der Waals surface area contributed by atoms with E-state index < -0.39 is 17.2 Å². The minimum atomic E-state index is -0.964. The number of ether oxygens (including phenoxy) is 1. The lowest BCUT2D eigenvalue weighted by Gasteiger charge is -2.28. The summed E-state index contributed by atoms with van der Waals surface area (Å²) in [5, 5.41) is 14.5. The van der Waals surface area contributed by atoms with E-state index in [1.807, 2.05) is 28.8 Å². The van der Waals surface area contributed by atoms with E-state index in [9.17, 15) is 14.3 Å². The van der Waals surface area contributed by atoms with E-state index in [0.717, 1.165) is 28.8 Å². The van der Waals surface area contributed by atoms with Crippen LogP contribution in [0.25, 0.3) is 5.69 Å². The summed E-state index contributed by atoms with van der Waals surface area (Å²) in [5.41, 5.74) is 9.24. The van der Waals surface area contributed by atoms with Crippen LogP contribution in [0.2, 0.25) is 10.0 Å². The van der Waals surface area contributed by atoms with Crippen LogP contribution in [0.4, 0.5) is 4.39 Å². The first-order valence-electron chi connectivity index (χ1n) is 13.3. The molecule has 4 rings (SSSR count). The lowest BCUT2D eigenvalue weighted by Crippen LogP contribution is -2.23. The Hall–Kier alpha value is -3.08. The fourth-order valence-corrected chi connectivity index (χ4v) is 5.97. The molecule has 0 bridgehead atoms. The van der Waals surface area contributed by atoms with Crippen molar-refractivity contribution in [2.75, 3.05) is 20.3 Å². The van der Waals surface area contributed by atoms with Crippen molar-refractivity contribution in [3.63, 3.8) is 0 Å². The number of halogens is 3. The number of aromatic carboxylic acids is 1. The summed E-state index contributed by atoms with van der Waals surface area (Å²) < 4.78 is 21.6. The molecule has 0 fully saturated rings. The van der Waals surface area contributed by atoms with Crippen molar-refractivity contribution in [1.29, 1.82) is 0 Å². The zero-order valence-electron chi connectivity index (χ0n) is 23.6. The van der Waals surface area contributed by atoms with E-state index >= 15 is 0 Å². The topological polar surface area (TPSA) is 102 Å². The molecule has 0 atom stereocenters. The van der Waals surface area contributed by atoms with E-state index in [1.54, 1.807) is 30.5 Å². The molecular formula is C31H33Cl2FN4O3S. The summed E-state index contributed by atoms with van der Waals surface area (Å²) in [6.07, 6.45) is 3.20. The summed E-state index contributed by atoms with van der Waals surface area (Å²) in [7, 11) is 1.42. The predicted octanol–water partition coefficient (Wildman–Crippen LogP) is 7.08. The summed E-state index contributed by atoms with van der Waals surface area (Å²) in [6.45, 7) is 5.20. The Bertz CT molecular complexity index is 1580. The quantitative estimate of drug-likeness (QED) is 0.0824. The number of nitrogens with one attached hydrogen (secondary N) is 1. The molecule has 0 unspecified atom stereocenters. The predicted molar refractivity (Wildman–Crippen MR) is 167 cm³/mol. The first-order chi connectivity index (χ1) is 20.1. The molecule has 7 nitrogen and oxygen atoms in total. The van der Waals surface area contributed by atoms with Crippen molar-refractivity contribution in [2.45, 2.75) is 43.0 Å². The molecule has 4 N–H and O–H groups in total. The maximum absolute atomic E-state index is 14.4. The van der Waals surface area contributed by atoms with Crippen LogP contribution in [-0.2, 0) is 17.6 Å². The second-order valence-electron chi connectivity index (χ2n) is 10.2. The summed E-state index contributed by atoms with van der Waals surface area (Å²) in [4.78, 5) is 16.8. The molecule has 0 spiro atoms. The monoisotopic (exact) mass is 630 g/mol. The third-order valence-corrected chi connectivity index (χ3v) is 8.88. The van der Waals surface area contributed by atoms with Crippen LogP contribution >= 0.6 is 35.0 Å². The molecule has 222 valence electrons. The van der Waals surface area contributed by atoms with Gasteiger partial charge in [0.1, 0.15) is 0 Å². The number of carboxylic acids is 1. The standard InChI is InChI=1S/C31H33Cl2FN4O3S/c1-31(2,21-8-10-24(32)25(33)14-21)28-16-37-30(38(28)22-9-11-26(34)27(15-22)41-3)42-17-19-6-7-20(5-4-12-36-18-35)23(13-19)29(39)40/h6-11,13-16,36H,4-5,12,17-18,35H2,1-3H3,(H,39,40). The molecule has 0 aliphatic heterocycles. The van der Waals surface area contributed by atoms with Crippen LogP contribution in [0, 0.1) is 5.82 Å². The van der Waals surface area contributed by atoms with Gasteiger partial charge < -0.3 is 20.9 Å². The lowest BCUT2D eigenvalue weighted by atomic mass is 9.81. The zero-order valence-corrected chi connectivity index (χ0v) is 25.9. The minimum Gasteiger partial charge on any atom is -0.494 e. The van der Waals surface area contributed by atoms with Gasteiger partial charge in [-0.3, -0.25) is 4.57 Å². The van der Waals surface area contributed by atoms with E-state index in [4.69, 9.17) is 38.7 Å². The minimum absolute atomic E-state index is 0.110. The van der Waals surface area contributed by atoms with Gasteiger partial charge in [0.25, 0.3) is 0 Å². The fourth-order valence-electron chi connectivity index (χ4n) is 4.73. The third-order valence-electron chi connectivity index (χ3n) is 7.12. The Morgan fingerprint density at radius 2 is 1.93 bits per heavy atom. The van der Waals surface area contributed by atoms with Crippen LogP contribution in [0.1, 0.15) is 53.0 Å². The van der Waals surface area contributed by atoms with Gasteiger partial charge >= 0.3 is 5.97 Å². The maximum atomic E-state index is 14.4. The molecule has 0 aliphatic carbocycles. The van der Waals surface area contributed by atoms with Crippen LogP contribution < -0.4 is 15.8 Å². The van der Waals surface area contributed by atoms with Gasteiger partial charge in [-0.25, -0.2) is 14.2 Å². The Labute approximate surface area is 259 Å². The Balaban J connectivity index is 1.70. The number of methoxy groups -OCH3 is 1. The number of nitrogens with zero attached hydrogens (tertiary/aromatic N) is 2. The van der Waals surface area contributed by atoms with E-state index in [1.165, 1.54) is 24.9 Å². The van der Waals surface area contributed by atoms with Crippen LogP contribution in [0.15, 0.2) is 66.0 Å². The number of hydrogen-bond donors (Lipinski definition) is 3. The van der Waals surface area contributed by atoms with E-state index in [2.05, 4.69) is 19.2 Å². The summed E-state index contributed by atoms with van der Waals surface area (Å²) >= 11 is 14.0. The molecule has 0 amide bonds. The van der Waals surface area contributed by atoms with E-state index in [-0.39, 0.29) is 11.3 Å². The van der Waals surface area contributed by atoms with Gasteiger partial charge in [0.15, 0.2) is 16.7 Å².